The number of hydrogen-bond donors (Lipinski definition) is 2. The van der Waals surface area contributed by atoms with E-state index in [9.17, 15) is 8.78 Å². The van der Waals surface area contributed by atoms with Gasteiger partial charge in [0.25, 0.3) is 0 Å². The van der Waals surface area contributed by atoms with E-state index in [0.29, 0.717) is 5.69 Å². The third kappa shape index (κ3) is 3.06. The lowest BCUT2D eigenvalue weighted by atomic mass is 9.87. The highest BCUT2D eigenvalue weighted by Gasteiger charge is 2.42. The number of guanidine groups is 2. The van der Waals surface area contributed by atoms with E-state index in [-0.39, 0.29) is 17.7 Å². The zero-order valence-electron chi connectivity index (χ0n) is 12.6. The molecule has 0 amide bonds. The Hall–Kier alpha value is -2.38. The molecule has 1 saturated carbocycles. The van der Waals surface area contributed by atoms with Crippen molar-refractivity contribution >= 4 is 17.6 Å². The molecule has 0 atom stereocenters. The van der Waals surface area contributed by atoms with Crippen LogP contribution in [0, 0.1) is 0 Å². The van der Waals surface area contributed by atoms with Crippen LogP contribution in [0.2, 0.25) is 0 Å². The van der Waals surface area contributed by atoms with Crippen LogP contribution in [-0.4, -0.2) is 24.2 Å². The molecule has 0 radical (unpaired) electrons. The highest BCUT2D eigenvalue weighted by molar-refractivity contribution is 6.05. The fourth-order valence-electron chi connectivity index (χ4n) is 3.29. The summed E-state index contributed by atoms with van der Waals surface area (Å²) in [5, 5.41) is 0. The SMILES string of the molecule is NC1=NC2(CCCCC2)N(c2cccc(OC(F)F)c2)C(N)=N1. The highest BCUT2D eigenvalue weighted by Crippen LogP contribution is 2.40. The number of anilines is 1. The van der Waals surface area contributed by atoms with Crippen LogP contribution in [0.5, 0.6) is 5.75 Å². The van der Waals surface area contributed by atoms with Crippen LogP contribution in [-0.2, 0) is 0 Å². The Balaban J connectivity index is 2.00. The first-order valence-electron chi connectivity index (χ1n) is 7.55. The van der Waals surface area contributed by atoms with E-state index in [2.05, 4.69) is 14.7 Å². The van der Waals surface area contributed by atoms with E-state index in [1.165, 1.54) is 12.1 Å². The second-order valence-electron chi connectivity index (χ2n) is 5.69. The number of hydrogen-bond acceptors (Lipinski definition) is 6. The van der Waals surface area contributed by atoms with Crippen molar-refractivity contribution in [3.8, 4) is 5.75 Å². The molecule has 1 aliphatic carbocycles. The van der Waals surface area contributed by atoms with Crippen molar-refractivity contribution in [2.45, 2.75) is 44.4 Å². The summed E-state index contributed by atoms with van der Waals surface area (Å²) in [6, 6.07) is 6.40. The molecule has 0 saturated heterocycles. The molecule has 3 rings (SSSR count). The van der Waals surface area contributed by atoms with Gasteiger partial charge in [0.15, 0.2) is 0 Å². The predicted molar refractivity (Wildman–Crippen MR) is 84.6 cm³/mol. The van der Waals surface area contributed by atoms with Crippen molar-refractivity contribution in [2.75, 3.05) is 4.90 Å². The maximum atomic E-state index is 12.4. The number of benzene rings is 1. The standard InChI is InChI=1S/C15H19F2N5O/c16-12(17)23-11-6-4-5-10(9-11)22-14(19)20-13(18)21-15(22)7-2-1-3-8-15/h4-6,9,12H,1-3,7-8H2,(H4,18,19,20,21). The molecule has 1 spiro atoms. The fourth-order valence-corrected chi connectivity index (χ4v) is 3.29. The van der Waals surface area contributed by atoms with Gasteiger partial charge in [0.2, 0.25) is 11.9 Å². The molecule has 0 aromatic heterocycles. The summed E-state index contributed by atoms with van der Waals surface area (Å²) < 4.78 is 29.4. The summed E-state index contributed by atoms with van der Waals surface area (Å²) in [7, 11) is 0. The van der Waals surface area contributed by atoms with Gasteiger partial charge in [-0.2, -0.15) is 13.8 Å². The Morgan fingerprint density at radius 2 is 1.91 bits per heavy atom. The second-order valence-corrected chi connectivity index (χ2v) is 5.69. The fraction of sp³-hybridized carbons (Fsp3) is 0.467. The Morgan fingerprint density at radius 3 is 2.61 bits per heavy atom. The van der Waals surface area contributed by atoms with Gasteiger partial charge in [-0.25, -0.2) is 4.99 Å². The zero-order valence-corrected chi connectivity index (χ0v) is 12.6. The van der Waals surface area contributed by atoms with Gasteiger partial charge in [0.1, 0.15) is 11.4 Å². The van der Waals surface area contributed by atoms with E-state index in [0.717, 1.165) is 32.1 Å². The molecule has 4 N–H and O–H groups in total. The molecule has 1 fully saturated rings. The van der Waals surface area contributed by atoms with Crippen molar-refractivity contribution in [3.05, 3.63) is 24.3 Å². The summed E-state index contributed by atoms with van der Waals surface area (Å²) in [5.74, 6) is 0.438. The first-order valence-corrected chi connectivity index (χ1v) is 7.55. The largest absolute Gasteiger partial charge is 0.435 e. The van der Waals surface area contributed by atoms with Crippen molar-refractivity contribution < 1.29 is 13.5 Å². The van der Waals surface area contributed by atoms with Gasteiger partial charge in [0.05, 0.1) is 0 Å². The van der Waals surface area contributed by atoms with Gasteiger partial charge in [-0.15, -0.1) is 0 Å². The van der Waals surface area contributed by atoms with Crippen LogP contribution in [0.15, 0.2) is 34.3 Å². The highest BCUT2D eigenvalue weighted by atomic mass is 19.3. The number of rotatable bonds is 3. The number of nitrogens with two attached hydrogens (primary N) is 2. The van der Waals surface area contributed by atoms with Gasteiger partial charge in [-0.1, -0.05) is 12.5 Å². The molecular weight excluding hydrogens is 304 g/mol. The lowest BCUT2D eigenvalue weighted by Gasteiger charge is -2.45. The maximum absolute atomic E-state index is 12.4. The minimum atomic E-state index is -2.88. The van der Waals surface area contributed by atoms with Gasteiger partial charge < -0.3 is 16.2 Å². The Bertz CT molecular complexity index is 641. The molecule has 23 heavy (non-hydrogen) atoms. The Morgan fingerprint density at radius 1 is 1.17 bits per heavy atom. The lowest BCUT2D eigenvalue weighted by Crippen LogP contribution is -2.58. The van der Waals surface area contributed by atoms with Gasteiger partial charge in [-0.3, -0.25) is 4.90 Å². The average molecular weight is 323 g/mol. The average Bonchev–Trinajstić information content (AvgIpc) is 2.46. The normalized spacial score (nSPS) is 20.4. The molecule has 1 aromatic carbocycles. The van der Waals surface area contributed by atoms with Crippen LogP contribution < -0.4 is 21.1 Å². The van der Waals surface area contributed by atoms with Crippen LogP contribution >= 0.6 is 0 Å². The number of aliphatic imine (C=N–C) groups is 2. The van der Waals surface area contributed by atoms with E-state index >= 15 is 0 Å². The Labute approximate surface area is 132 Å². The molecule has 8 heteroatoms. The van der Waals surface area contributed by atoms with E-state index in [4.69, 9.17) is 11.5 Å². The third-order valence-electron chi connectivity index (χ3n) is 4.15. The van der Waals surface area contributed by atoms with Crippen molar-refractivity contribution in [2.24, 2.45) is 21.5 Å². The van der Waals surface area contributed by atoms with Crippen molar-refractivity contribution in [1.82, 2.24) is 0 Å². The molecule has 2 aliphatic rings. The zero-order chi connectivity index (χ0) is 16.4. The minimum Gasteiger partial charge on any atom is -0.435 e. The molecular formula is C15H19F2N5O. The number of halogens is 2. The van der Waals surface area contributed by atoms with Crippen LogP contribution in [0.25, 0.3) is 0 Å². The van der Waals surface area contributed by atoms with Crippen molar-refractivity contribution in [1.29, 1.82) is 0 Å². The van der Waals surface area contributed by atoms with Gasteiger partial charge in [0, 0.05) is 11.8 Å². The molecule has 1 aromatic rings. The molecule has 0 unspecified atom stereocenters. The summed E-state index contributed by atoms with van der Waals surface area (Å²) in [4.78, 5) is 10.4. The molecule has 0 bridgehead atoms. The smallest absolute Gasteiger partial charge is 0.387 e. The lowest BCUT2D eigenvalue weighted by molar-refractivity contribution is -0.0498. The monoisotopic (exact) mass is 323 g/mol. The van der Waals surface area contributed by atoms with E-state index < -0.39 is 12.3 Å². The van der Waals surface area contributed by atoms with Gasteiger partial charge >= 0.3 is 6.61 Å². The van der Waals surface area contributed by atoms with Crippen LogP contribution in [0.1, 0.15) is 32.1 Å². The molecule has 1 aliphatic heterocycles. The topological polar surface area (TPSA) is 89.2 Å². The first-order chi connectivity index (χ1) is 11.0. The summed E-state index contributed by atoms with van der Waals surface area (Å²) in [6.07, 6.45) is 4.67. The number of ether oxygens (including phenoxy) is 1. The quantitative estimate of drug-likeness (QED) is 0.894. The van der Waals surface area contributed by atoms with Gasteiger partial charge in [-0.05, 0) is 37.8 Å². The second kappa shape index (κ2) is 6.02. The predicted octanol–water partition coefficient (Wildman–Crippen LogP) is 2.40. The van der Waals surface area contributed by atoms with E-state index in [1.54, 1.807) is 17.0 Å². The maximum Gasteiger partial charge on any atom is 0.387 e. The van der Waals surface area contributed by atoms with Crippen molar-refractivity contribution in [3.63, 3.8) is 0 Å². The number of alkyl halides is 2. The first kappa shape index (κ1) is 15.5. The van der Waals surface area contributed by atoms with Crippen LogP contribution in [0.4, 0.5) is 14.5 Å². The minimum absolute atomic E-state index is 0.0683. The number of nitrogens with zero attached hydrogens (tertiary/aromatic N) is 3. The summed E-state index contributed by atoms with van der Waals surface area (Å²) in [5.41, 5.74) is 11.9. The molecule has 6 nitrogen and oxygen atoms in total. The van der Waals surface area contributed by atoms with E-state index in [1.807, 2.05) is 0 Å². The Kier molecular flexibility index (Phi) is 4.06. The summed E-state index contributed by atoms with van der Waals surface area (Å²) in [6.45, 7) is -2.88. The molecule has 124 valence electrons. The molecule has 1 heterocycles. The van der Waals surface area contributed by atoms with Crippen LogP contribution in [0.3, 0.4) is 0 Å². The third-order valence-corrected chi connectivity index (χ3v) is 4.15. The summed E-state index contributed by atoms with van der Waals surface area (Å²) >= 11 is 0.